The van der Waals surface area contributed by atoms with E-state index in [9.17, 15) is 27.6 Å². The summed E-state index contributed by atoms with van der Waals surface area (Å²) in [5.41, 5.74) is 4.95. The Balaban J connectivity index is 1.99. The number of alkyl halides is 3. The lowest BCUT2D eigenvalue weighted by atomic mass is 9.99. The Kier molecular flexibility index (Phi) is 9.96. The van der Waals surface area contributed by atoms with Crippen LogP contribution in [-0.2, 0) is 23.9 Å². The number of esters is 2. The molecule has 0 saturated carbocycles. The van der Waals surface area contributed by atoms with Gasteiger partial charge in [0.25, 0.3) is 0 Å². The average molecular weight is 535 g/mol. The third-order valence-electron chi connectivity index (χ3n) is 4.84. The number of benzene rings is 1. The highest BCUT2D eigenvalue weighted by atomic mass is 35.5. The third kappa shape index (κ3) is 8.33. The fourth-order valence-corrected chi connectivity index (χ4v) is 3.62. The number of rotatable bonds is 10. The quantitative estimate of drug-likeness (QED) is 0.154. The van der Waals surface area contributed by atoms with Crippen molar-refractivity contribution in [2.75, 3.05) is 19.8 Å². The van der Waals surface area contributed by atoms with Crippen molar-refractivity contribution in [2.45, 2.75) is 45.0 Å². The van der Waals surface area contributed by atoms with Crippen molar-refractivity contribution in [1.29, 1.82) is 5.41 Å². The minimum atomic E-state index is -4.90. The summed E-state index contributed by atoms with van der Waals surface area (Å²) in [5.74, 6) is -2.90. The van der Waals surface area contributed by atoms with Gasteiger partial charge in [0.15, 0.2) is 5.96 Å². The van der Waals surface area contributed by atoms with Crippen LogP contribution in [0.15, 0.2) is 17.7 Å². The lowest BCUT2D eigenvalue weighted by Crippen LogP contribution is -2.42. The first-order chi connectivity index (χ1) is 16.8. The topological polar surface area (TPSA) is 153 Å². The normalized spacial score (nSPS) is 15.5. The lowest BCUT2D eigenvalue weighted by Gasteiger charge is -2.29. The zero-order valence-electron chi connectivity index (χ0n) is 19.5. The van der Waals surface area contributed by atoms with E-state index in [-0.39, 0.29) is 35.3 Å². The van der Waals surface area contributed by atoms with Crippen LogP contribution < -0.4 is 21.1 Å². The van der Waals surface area contributed by atoms with Crippen molar-refractivity contribution in [3.05, 3.63) is 33.9 Å². The molecule has 1 aliphatic heterocycles. The molecule has 5 N–H and O–H groups in total. The number of ether oxygens (including phenoxy) is 3. The molecule has 10 nitrogen and oxygen atoms in total. The molecule has 1 heterocycles. The van der Waals surface area contributed by atoms with Crippen molar-refractivity contribution in [3.8, 4) is 5.75 Å². The van der Waals surface area contributed by atoms with Gasteiger partial charge in [-0.15, -0.1) is 0 Å². The molecule has 198 valence electrons. The van der Waals surface area contributed by atoms with Gasteiger partial charge < -0.3 is 30.6 Å². The number of nitrogens with two attached hydrogens (primary N) is 1. The number of hydrogen-bond acceptors (Lipinski definition) is 7. The van der Waals surface area contributed by atoms with Crippen LogP contribution in [0.1, 0.15) is 30.9 Å². The standard InChI is InChI=1S/C22H26ClF3N4O6/c1-11-8-14(23)9-13-10-15(18(22(24,25)26)36-17(11)13)19(32)34-6-7-35-20(33)16(30-12(2)31)4-3-5-29-21(27)28/h8-10,16,18H,3-7H2,1-2H3,(H,30,31)(H4,27,28,29)/t16-,18?/m0/s1. The van der Waals surface area contributed by atoms with E-state index < -0.39 is 55.0 Å². The van der Waals surface area contributed by atoms with Crippen molar-refractivity contribution < 1.29 is 41.8 Å². The number of guanidine groups is 1. The van der Waals surface area contributed by atoms with Crippen LogP contribution in [0, 0.1) is 12.3 Å². The second-order valence-corrected chi connectivity index (χ2v) is 8.26. The second-order valence-electron chi connectivity index (χ2n) is 7.82. The van der Waals surface area contributed by atoms with Crippen LogP contribution >= 0.6 is 11.6 Å². The minimum Gasteiger partial charge on any atom is -0.475 e. The van der Waals surface area contributed by atoms with E-state index in [1.807, 2.05) is 0 Å². The molecule has 0 fully saturated rings. The molecule has 36 heavy (non-hydrogen) atoms. The molecule has 1 aromatic carbocycles. The van der Waals surface area contributed by atoms with Gasteiger partial charge in [0.2, 0.25) is 12.0 Å². The van der Waals surface area contributed by atoms with Crippen LogP contribution in [0.3, 0.4) is 0 Å². The molecule has 0 radical (unpaired) electrons. The molecular weight excluding hydrogens is 509 g/mol. The first-order valence-electron chi connectivity index (χ1n) is 10.7. The maximum Gasteiger partial charge on any atom is 0.430 e. The molecule has 1 aromatic rings. The highest BCUT2D eigenvalue weighted by Crippen LogP contribution is 2.40. The third-order valence-corrected chi connectivity index (χ3v) is 5.06. The van der Waals surface area contributed by atoms with Crippen molar-refractivity contribution in [3.63, 3.8) is 0 Å². The van der Waals surface area contributed by atoms with Gasteiger partial charge in [-0.2, -0.15) is 13.2 Å². The number of carbonyl (C=O) groups is 3. The van der Waals surface area contributed by atoms with Crippen LogP contribution in [0.2, 0.25) is 5.02 Å². The zero-order valence-corrected chi connectivity index (χ0v) is 20.2. The van der Waals surface area contributed by atoms with Gasteiger partial charge in [-0.1, -0.05) is 11.6 Å². The summed E-state index contributed by atoms with van der Waals surface area (Å²) in [6, 6.07) is 1.79. The monoisotopic (exact) mass is 534 g/mol. The fraction of sp³-hybridized carbons (Fsp3) is 0.455. The molecule has 0 spiro atoms. The van der Waals surface area contributed by atoms with E-state index in [0.29, 0.717) is 12.0 Å². The molecule has 0 aromatic heterocycles. The van der Waals surface area contributed by atoms with Crippen molar-refractivity contribution >= 4 is 41.5 Å². The van der Waals surface area contributed by atoms with E-state index in [0.717, 1.165) is 6.08 Å². The largest absolute Gasteiger partial charge is 0.475 e. The molecular formula is C22H26ClF3N4O6. The minimum absolute atomic E-state index is 0.0466. The van der Waals surface area contributed by atoms with Gasteiger partial charge in [-0.3, -0.25) is 10.2 Å². The number of halogens is 4. The summed E-state index contributed by atoms with van der Waals surface area (Å²) in [7, 11) is 0. The van der Waals surface area contributed by atoms with Crippen LogP contribution in [0.4, 0.5) is 13.2 Å². The van der Waals surface area contributed by atoms with Crippen molar-refractivity contribution in [1.82, 2.24) is 10.6 Å². The number of carbonyl (C=O) groups excluding carboxylic acids is 3. The summed E-state index contributed by atoms with van der Waals surface area (Å²) >= 11 is 5.96. The first kappa shape index (κ1) is 28.8. The molecule has 0 aliphatic carbocycles. The first-order valence-corrected chi connectivity index (χ1v) is 11.1. The molecule has 1 amide bonds. The van der Waals surface area contributed by atoms with E-state index >= 15 is 0 Å². The van der Waals surface area contributed by atoms with Crippen molar-refractivity contribution in [2.24, 2.45) is 5.73 Å². The van der Waals surface area contributed by atoms with Gasteiger partial charge in [0.1, 0.15) is 25.0 Å². The summed E-state index contributed by atoms with van der Waals surface area (Å²) in [6.45, 7) is 2.02. The predicted molar refractivity (Wildman–Crippen MR) is 123 cm³/mol. The Morgan fingerprint density at radius 1 is 1.25 bits per heavy atom. The van der Waals surface area contributed by atoms with Crippen LogP contribution in [-0.4, -0.2) is 61.9 Å². The fourth-order valence-electron chi connectivity index (χ4n) is 3.34. The van der Waals surface area contributed by atoms with E-state index in [1.54, 1.807) is 0 Å². The maximum absolute atomic E-state index is 13.6. The Morgan fingerprint density at radius 3 is 2.53 bits per heavy atom. The highest BCUT2D eigenvalue weighted by Gasteiger charge is 2.49. The zero-order chi connectivity index (χ0) is 27.0. The lowest BCUT2D eigenvalue weighted by molar-refractivity contribution is -0.188. The summed E-state index contributed by atoms with van der Waals surface area (Å²) in [6.07, 6.45) is -5.91. The number of aryl methyl sites for hydroxylation is 1. The molecule has 0 bridgehead atoms. The Hall–Kier alpha value is -3.48. The summed E-state index contributed by atoms with van der Waals surface area (Å²) < 4.78 is 55.7. The van der Waals surface area contributed by atoms with Gasteiger partial charge in [0.05, 0.1) is 5.57 Å². The number of nitrogens with one attached hydrogen (secondary N) is 3. The molecule has 0 saturated heterocycles. The Morgan fingerprint density at radius 2 is 1.92 bits per heavy atom. The average Bonchev–Trinajstić information content (AvgIpc) is 2.76. The number of hydrogen-bond donors (Lipinski definition) is 4. The Labute approximate surface area is 209 Å². The van der Waals surface area contributed by atoms with E-state index in [4.69, 9.17) is 37.0 Å². The summed E-state index contributed by atoms with van der Waals surface area (Å²) in [4.78, 5) is 36.1. The second kappa shape index (κ2) is 12.5. The molecule has 2 atom stereocenters. The summed E-state index contributed by atoms with van der Waals surface area (Å²) in [5, 5.41) is 12.3. The van der Waals surface area contributed by atoms with E-state index in [2.05, 4.69) is 10.6 Å². The van der Waals surface area contributed by atoms with Crippen LogP contribution in [0.25, 0.3) is 6.08 Å². The maximum atomic E-state index is 13.6. The van der Waals surface area contributed by atoms with Gasteiger partial charge in [0, 0.05) is 24.1 Å². The molecule has 1 unspecified atom stereocenters. The molecule has 2 rings (SSSR count). The smallest absolute Gasteiger partial charge is 0.430 e. The Bertz CT molecular complexity index is 1050. The van der Waals surface area contributed by atoms with Gasteiger partial charge in [-0.25, -0.2) is 9.59 Å². The van der Waals surface area contributed by atoms with Gasteiger partial charge in [-0.05, 0) is 43.5 Å². The van der Waals surface area contributed by atoms with Gasteiger partial charge >= 0.3 is 18.1 Å². The SMILES string of the molecule is CC(=O)N[C@@H](CCCNC(=N)N)C(=O)OCCOC(=O)C1=Cc2cc(Cl)cc(C)c2OC1C(F)(F)F. The van der Waals surface area contributed by atoms with E-state index in [1.165, 1.54) is 26.0 Å². The predicted octanol–water partition coefficient (Wildman–Crippen LogP) is 2.21. The number of fused-ring (bicyclic) bond motifs is 1. The highest BCUT2D eigenvalue weighted by molar-refractivity contribution is 6.30. The number of amides is 1. The molecule has 1 aliphatic rings. The van der Waals surface area contributed by atoms with Crippen LogP contribution in [0.5, 0.6) is 5.75 Å². The molecule has 14 heteroatoms.